The minimum absolute atomic E-state index is 0.153. The highest BCUT2D eigenvalue weighted by molar-refractivity contribution is 7.59. The van der Waals surface area contributed by atoms with Gasteiger partial charge in [0.2, 0.25) is 5.91 Å². The largest absolute Gasteiger partial charge is 0.315 e. The monoisotopic (exact) mass is 466 g/mol. The molecule has 0 aromatic heterocycles. The third-order valence-corrected chi connectivity index (χ3v) is 8.07. The van der Waals surface area contributed by atoms with Crippen molar-refractivity contribution in [1.29, 1.82) is 0 Å². The SMILES string of the molecule is CCOP(=O)(Cc1ccc(Cl)cc1Cl)Nc1ccc2c(c1)CCC(=O)N2CC1CC1. The third-order valence-electron chi connectivity index (χ3n) is 5.45. The lowest BCUT2D eigenvalue weighted by Gasteiger charge is -2.30. The predicted octanol–water partition coefficient (Wildman–Crippen LogP) is 6.52. The number of halogens is 2. The summed E-state index contributed by atoms with van der Waals surface area (Å²) in [6, 6.07) is 10.9. The number of fused-ring (bicyclic) bond motifs is 1. The van der Waals surface area contributed by atoms with Gasteiger partial charge in [0.25, 0.3) is 7.52 Å². The predicted molar refractivity (Wildman–Crippen MR) is 123 cm³/mol. The van der Waals surface area contributed by atoms with Crippen molar-refractivity contribution in [3.8, 4) is 0 Å². The van der Waals surface area contributed by atoms with E-state index in [0.29, 0.717) is 41.0 Å². The highest BCUT2D eigenvalue weighted by atomic mass is 35.5. The Morgan fingerprint density at radius 1 is 1.17 bits per heavy atom. The molecule has 1 saturated carbocycles. The van der Waals surface area contributed by atoms with E-state index in [1.54, 1.807) is 18.2 Å². The van der Waals surface area contributed by atoms with Crippen molar-refractivity contribution in [3.63, 3.8) is 0 Å². The number of carbonyl (C=O) groups is 1. The van der Waals surface area contributed by atoms with Crippen LogP contribution in [0.3, 0.4) is 0 Å². The highest BCUT2D eigenvalue weighted by Crippen LogP contribution is 2.51. The van der Waals surface area contributed by atoms with E-state index in [0.717, 1.165) is 23.5 Å². The summed E-state index contributed by atoms with van der Waals surface area (Å²) in [6.07, 6.45) is 3.74. The number of carbonyl (C=O) groups excluding carboxylic acids is 1. The Kier molecular flexibility index (Phi) is 6.45. The summed E-state index contributed by atoms with van der Waals surface area (Å²) in [4.78, 5) is 14.3. The van der Waals surface area contributed by atoms with E-state index in [4.69, 9.17) is 27.7 Å². The normalized spacial score (nSPS) is 18.1. The first kappa shape index (κ1) is 21.7. The molecule has 1 unspecified atom stereocenters. The van der Waals surface area contributed by atoms with E-state index >= 15 is 0 Å². The van der Waals surface area contributed by atoms with E-state index in [2.05, 4.69) is 5.09 Å². The second-order valence-electron chi connectivity index (χ2n) is 7.89. The zero-order chi connectivity index (χ0) is 21.3. The maximum Gasteiger partial charge on any atom is 0.298 e. The van der Waals surface area contributed by atoms with Gasteiger partial charge in [0.05, 0.1) is 12.8 Å². The van der Waals surface area contributed by atoms with Crippen LogP contribution in [0.25, 0.3) is 0 Å². The number of benzene rings is 2. The summed E-state index contributed by atoms with van der Waals surface area (Å²) < 4.78 is 19.2. The van der Waals surface area contributed by atoms with Crippen LogP contribution >= 0.6 is 30.7 Å². The van der Waals surface area contributed by atoms with Crippen molar-refractivity contribution in [2.75, 3.05) is 23.1 Å². The molecule has 160 valence electrons. The quantitative estimate of drug-likeness (QED) is 0.449. The van der Waals surface area contributed by atoms with Crippen LogP contribution < -0.4 is 9.99 Å². The van der Waals surface area contributed by atoms with Gasteiger partial charge in [-0.2, -0.15) is 0 Å². The minimum Gasteiger partial charge on any atom is -0.315 e. The summed E-state index contributed by atoms with van der Waals surface area (Å²) in [6.45, 7) is 2.92. The number of amides is 1. The van der Waals surface area contributed by atoms with Gasteiger partial charge in [-0.1, -0.05) is 29.3 Å². The number of hydrogen-bond donors (Lipinski definition) is 1. The van der Waals surface area contributed by atoms with Crippen LogP contribution in [-0.2, 0) is 26.5 Å². The third kappa shape index (κ3) is 5.03. The van der Waals surface area contributed by atoms with Crippen molar-refractivity contribution in [2.45, 2.75) is 38.8 Å². The molecule has 1 heterocycles. The smallest absolute Gasteiger partial charge is 0.298 e. The van der Waals surface area contributed by atoms with Gasteiger partial charge in [-0.25, -0.2) is 0 Å². The first-order chi connectivity index (χ1) is 14.4. The Hall–Kier alpha value is -1.52. The van der Waals surface area contributed by atoms with Crippen LogP contribution in [0.4, 0.5) is 11.4 Å². The van der Waals surface area contributed by atoms with E-state index < -0.39 is 7.52 Å². The Morgan fingerprint density at radius 3 is 2.67 bits per heavy atom. The fourth-order valence-electron chi connectivity index (χ4n) is 3.79. The molecule has 30 heavy (non-hydrogen) atoms. The standard InChI is InChI=1S/C22H25Cl2N2O3P/c1-2-29-30(28,14-17-5-7-18(23)12-20(17)24)25-19-8-9-21-16(11-19)6-10-22(27)26(21)13-15-3-4-15/h5,7-9,11-12,15H,2-4,6,10,13-14H2,1H3,(H,25,28). The number of rotatable bonds is 8. The van der Waals surface area contributed by atoms with E-state index in [1.165, 1.54) is 12.8 Å². The van der Waals surface area contributed by atoms with Gasteiger partial charge in [-0.15, -0.1) is 0 Å². The molecule has 2 aromatic rings. The van der Waals surface area contributed by atoms with Gasteiger partial charge >= 0.3 is 0 Å². The molecule has 0 spiro atoms. The summed E-state index contributed by atoms with van der Waals surface area (Å²) in [5, 5.41) is 4.11. The van der Waals surface area contributed by atoms with Gasteiger partial charge in [0.15, 0.2) is 0 Å². The van der Waals surface area contributed by atoms with Gasteiger partial charge in [0.1, 0.15) is 0 Å². The van der Waals surface area contributed by atoms with Crippen molar-refractivity contribution >= 4 is 48.0 Å². The first-order valence-corrected chi connectivity index (χ1v) is 12.8. The zero-order valence-electron chi connectivity index (χ0n) is 16.9. The summed E-state index contributed by atoms with van der Waals surface area (Å²) in [7, 11) is -3.24. The lowest BCUT2D eigenvalue weighted by molar-refractivity contribution is -0.118. The van der Waals surface area contributed by atoms with Crippen LogP contribution in [0.2, 0.25) is 10.0 Å². The molecule has 4 rings (SSSR count). The lowest BCUT2D eigenvalue weighted by Crippen LogP contribution is -2.36. The maximum absolute atomic E-state index is 13.5. The second-order valence-corrected chi connectivity index (χ2v) is 10.9. The summed E-state index contributed by atoms with van der Waals surface area (Å²) in [5.74, 6) is 0.812. The minimum atomic E-state index is -3.24. The first-order valence-electron chi connectivity index (χ1n) is 10.3. The molecule has 5 nitrogen and oxygen atoms in total. The number of hydrogen-bond acceptors (Lipinski definition) is 3. The molecule has 1 N–H and O–H groups in total. The lowest BCUT2D eigenvalue weighted by atomic mass is 10.00. The number of aryl methyl sites for hydroxylation is 1. The van der Waals surface area contributed by atoms with E-state index in [1.807, 2.05) is 30.0 Å². The highest BCUT2D eigenvalue weighted by Gasteiger charge is 2.31. The van der Waals surface area contributed by atoms with E-state index in [-0.39, 0.29) is 12.1 Å². The molecule has 8 heteroatoms. The van der Waals surface area contributed by atoms with Crippen molar-refractivity contribution < 1.29 is 13.9 Å². The maximum atomic E-state index is 13.5. The van der Waals surface area contributed by atoms with Crippen LogP contribution in [0, 0.1) is 5.92 Å². The fraction of sp³-hybridized carbons (Fsp3) is 0.409. The van der Waals surface area contributed by atoms with Crippen LogP contribution in [0.1, 0.15) is 37.3 Å². The Balaban J connectivity index is 1.56. The van der Waals surface area contributed by atoms with Crippen molar-refractivity contribution in [3.05, 3.63) is 57.6 Å². The Morgan fingerprint density at radius 2 is 1.97 bits per heavy atom. The second kappa shape index (κ2) is 8.92. The molecule has 0 bridgehead atoms. The molecule has 1 aliphatic carbocycles. The molecule has 1 amide bonds. The van der Waals surface area contributed by atoms with Gasteiger partial charge < -0.3 is 14.5 Å². The van der Waals surface area contributed by atoms with Crippen LogP contribution in [-0.4, -0.2) is 19.1 Å². The summed E-state index contributed by atoms with van der Waals surface area (Å²) in [5.41, 5.74) is 3.49. The molecule has 2 aromatic carbocycles. The number of anilines is 2. The fourth-order valence-corrected chi connectivity index (χ4v) is 6.26. The van der Waals surface area contributed by atoms with Crippen molar-refractivity contribution in [1.82, 2.24) is 0 Å². The topological polar surface area (TPSA) is 58.6 Å². The average molecular weight is 467 g/mol. The molecular weight excluding hydrogens is 442 g/mol. The number of nitrogens with one attached hydrogen (secondary N) is 1. The van der Waals surface area contributed by atoms with Gasteiger partial charge in [-0.3, -0.25) is 9.36 Å². The van der Waals surface area contributed by atoms with Crippen molar-refractivity contribution in [2.24, 2.45) is 5.92 Å². The molecular formula is C22H25Cl2N2O3P. The van der Waals surface area contributed by atoms with Crippen LogP contribution in [0.5, 0.6) is 0 Å². The number of nitrogens with zero attached hydrogens (tertiary/aromatic N) is 1. The van der Waals surface area contributed by atoms with Crippen LogP contribution in [0.15, 0.2) is 36.4 Å². The average Bonchev–Trinajstić information content (AvgIpc) is 3.51. The molecule has 0 radical (unpaired) electrons. The molecule has 1 aliphatic heterocycles. The zero-order valence-corrected chi connectivity index (χ0v) is 19.3. The van der Waals surface area contributed by atoms with E-state index in [9.17, 15) is 9.36 Å². The van der Waals surface area contributed by atoms with Gasteiger partial charge in [-0.05, 0) is 73.6 Å². The van der Waals surface area contributed by atoms with Gasteiger partial charge in [0, 0.05) is 34.4 Å². The Labute approximate surface area is 187 Å². The molecule has 1 atom stereocenters. The molecule has 2 aliphatic rings. The molecule has 1 fully saturated rings. The summed E-state index contributed by atoms with van der Waals surface area (Å²) >= 11 is 12.3. The Bertz CT molecular complexity index is 1010. The molecule has 0 saturated heterocycles.